The third-order valence-corrected chi connectivity index (χ3v) is 5.21. The molecule has 32 heavy (non-hydrogen) atoms. The Labute approximate surface area is 193 Å². The zero-order chi connectivity index (χ0) is 22.7. The predicted octanol–water partition coefficient (Wildman–Crippen LogP) is 5.98. The summed E-state index contributed by atoms with van der Waals surface area (Å²) in [6.07, 6.45) is 0. The van der Waals surface area contributed by atoms with Crippen molar-refractivity contribution in [3.8, 4) is 34.3 Å². The Bertz CT molecular complexity index is 1290. The molecule has 0 spiro atoms. The van der Waals surface area contributed by atoms with Crippen LogP contribution < -0.4 is 14.8 Å². The number of amides is 1. The van der Waals surface area contributed by atoms with Crippen molar-refractivity contribution >= 4 is 34.8 Å². The SMILES string of the molecule is COc1ccc(-c2noc(-c3ccccc3NC(=O)c3cc(Cl)ccc3Cl)n2)cc1OC. The molecule has 0 radical (unpaired) electrons. The van der Waals surface area contributed by atoms with E-state index in [-0.39, 0.29) is 16.5 Å². The maximum Gasteiger partial charge on any atom is 0.260 e. The van der Waals surface area contributed by atoms with E-state index in [0.717, 1.165) is 0 Å². The molecule has 0 saturated carbocycles. The number of hydrogen-bond donors (Lipinski definition) is 1. The molecule has 1 amide bonds. The average Bonchev–Trinajstić information content (AvgIpc) is 3.30. The zero-order valence-electron chi connectivity index (χ0n) is 17.1. The summed E-state index contributed by atoms with van der Waals surface area (Å²) in [5, 5.41) is 7.59. The second-order valence-corrected chi connectivity index (χ2v) is 7.46. The lowest BCUT2D eigenvalue weighted by Crippen LogP contribution is -2.13. The van der Waals surface area contributed by atoms with E-state index in [0.29, 0.717) is 39.2 Å². The number of anilines is 1. The fourth-order valence-electron chi connectivity index (χ4n) is 3.07. The van der Waals surface area contributed by atoms with Crippen LogP contribution in [-0.4, -0.2) is 30.3 Å². The molecule has 0 saturated heterocycles. The van der Waals surface area contributed by atoms with Crippen molar-refractivity contribution in [1.29, 1.82) is 0 Å². The third-order valence-electron chi connectivity index (χ3n) is 4.65. The number of para-hydroxylation sites is 1. The number of aromatic nitrogens is 2. The Balaban J connectivity index is 1.65. The number of carbonyl (C=O) groups is 1. The van der Waals surface area contributed by atoms with Gasteiger partial charge in [-0.25, -0.2) is 0 Å². The first kappa shape index (κ1) is 21.7. The minimum atomic E-state index is -0.412. The zero-order valence-corrected chi connectivity index (χ0v) is 18.6. The highest BCUT2D eigenvalue weighted by atomic mass is 35.5. The van der Waals surface area contributed by atoms with Crippen LogP contribution in [0.3, 0.4) is 0 Å². The summed E-state index contributed by atoms with van der Waals surface area (Å²) in [7, 11) is 3.11. The van der Waals surface area contributed by atoms with Crippen LogP contribution in [-0.2, 0) is 0 Å². The number of ether oxygens (including phenoxy) is 2. The predicted molar refractivity (Wildman–Crippen MR) is 123 cm³/mol. The van der Waals surface area contributed by atoms with E-state index in [4.69, 9.17) is 37.2 Å². The van der Waals surface area contributed by atoms with Gasteiger partial charge in [0.25, 0.3) is 11.8 Å². The van der Waals surface area contributed by atoms with E-state index in [1.807, 2.05) is 0 Å². The van der Waals surface area contributed by atoms with Gasteiger partial charge in [0.1, 0.15) is 0 Å². The number of nitrogens with zero attached hydrogens (tertiary/aromatic N) is 2. The van der Waals surface area contributed by atoms with E-state index >= 15 is 0 Å². The van der Waals surface area contributed by atoms with Crippen LogP contribution in [0.1, 0.15) is 10.4 Å². The molecule has 1 aromatic heterocycles. The van der Waals surface area contributed by atoms with Crippen molar-refractivity contribution in [2.75, 3.05) is 19.5 Å². The van der Waals surface area contributed by atoms with Gasteiger partial charge in [-0.2, -0.15) is 4.98 Å². The summed E-state index contributed by atoms with van der Waals surface area (Å²) in [6, 6.07) is 17.1. The summed E-state index contributed by atoms with van der Waals surface area (Å²) in [5.74, 6) is 1.32. The van der Waals surface area contributed by atoms with Crippen LogP contribution in [0.5, 0.6) is 11.5 Å². The van der Waals surface area contributed by atoms with Crippen LogP contribution in [0.2, 0.25) is 10.0 Å². The molecule has 162 valence electrons. The van der Waals surface area contributed by atoms with Gasteiger partial charge >= 0.3 is 0 Å². The smallest absolute Gasteiger partial charge is 0.260 e. The lowest BCUT2D eigenvalue weighted by molar-refractivity contribution is 0.102. The van der Waals surface area contributed by atoms with Gasteiger partial charge in [0.05, 0.1) is 36.1 Å². The molecule has 0 bridgehead atoms. The maximum atomic E-state index is 12.8. The number of benzene rings is 3. The molecule has 0 fully saturated rings. The van der Waals surface area contributed by atoms with Crippen molar-refractivity contribution in [3.63, 3.8) is 0 Å². The molecule has 0 aliphatic carbocycles. The Morgan fingerprint density at radius 1 is 0.969 bits per heavy atom. The fraction of sp³-hybridized carbons (Fsp3) is 0.0870. The summed E-state index contributed by atoms with van der Waals surface area (Å²) >= 11 is 12.2. The molecule has 0 aliphatic heterocycles. The van der Waals surface area contributed by atoms with E-state index in [2.05, 4.69) is 15.5 Å². The normalized spacial score (nSPS) is 10.6. The molecule has 1 N–H and O–H groups in total. The molecule has 7 nitrogen and oxygen atoms in total. The fourth-order valence-corrected chi connectivity index (χ4v) is 3.44. The van der Waals surface area contributed by atoms with Crippen molar-refractivity contribution < 1.29 is 18.8 Å². The molecular weight excluding hydrogens is 453 g/mol. The molecule has 1 heterocycles. The first-order chi connectivity index (χ1) is 15.5. The summed E-state index contributed by atoms with van der Waals surface area (Å²) in [5.41, 5.74) is 1.98. The minimum absolute atomic E-state index is 0.239. The van der Waals surface area contributed by atoms with Crippen molar-refractivity contribution in [1.82, 2.24) is 10.1 Å². The number of halogens is 2. The second kappa shape index (κ2) is 9.30. The van der Waals surface area contributed by atoms with Crippen molar-refractivity contribution in [3.05, 3.63) is 76.3 Å². The molecule has 0 atom stereocenters. The van der Waals surface area contributed by atoms with Gasteiger partial charge in [-0.1, -0.05) is 40.5 Å². The van der Waals surface area contributed by atoms with Crippen molar-refractivity contribution in [2.24, 2.45) is 0 Å². The minimum Gasteiger partial charge on any atom is -0.493 e. The van der Waals surface area contributed by atoms with Gasteiger partial charge in [-0.05, 0) is 48.5 Å². The number of carbonyl (C=O) groups excluding carboxylic acids is 1. The Morgan fingerprint density at radius 2 is 1.75 bits per heavy atom. The van der Waals surface area contributed by atoms with Gasteiger partial charge in [0.2, 0.25) is 5.82 Å². The average molecular weight is 470 g/mol. The molecule has 9 heteroatoms. The molecule has 4 aromatic rings. The lowest BCUT2D eigenvalue weighted by atomic mass is 10.1. The third kappa shape index (κ3) is 4.39. The summed E-state index contributed by atoms with van der Waals surface area (Å²) < 4.78 is 16.1. The van der Waals surface area contributed by atoms with Gasteiger partial charge < -0.3 is 19.3 Å². The highest BCUT2D eigenvalue weighted by Crippen LogP contribution is 2.33. The molecule has 4 rings (SSSR count). The van der Waals surface area contributed by atoms with Gasteiger partial charge in [0, 0.05) is 10.6 Å². The summed E-state index contributed by atoms with van der Waals surface area (Å²) in [6.45, 7) is 0. The van der Waals surface area contributed by atoms with Gasteiger partial charge in [0.15, 0.2) is 11.5 Å². The van der Waals surface area contributed by atoms with Crippen molar-refractivity contribution in [2.45, 2.75) is 0 Å². The Hall–Kier alpha value is -3.55. The van der Waals surface area contributed by atoms with E-state index < -0.39 is 5.91 Å². The first-order valence-corrected chi connectivity index (χ1v) is 10.2. The monoisotopic (exact) mass is 469 g/mol. The molecule has 3 aromatic carbocycles. The lowest BCUT2D eigenvalue weighted by Gasteiger charge is -2.10. The van der Waals surface area contributed by atoms with E-state index in [9.17, 15) is 4.79 Å². The number of methoxy groups -OCH3 is 2. The quantitative estimate of drug-likeness (QED) is 0.373. The highest BCUT2D eigenvalue weighted by Gasteiger charge is 2.18. The van der Waals surface area contributed by atoms with Crippen LogP contribution in [0.25, 0.3) is 22.8 Å². The maximum absolute atomic E-state index is 12.8. The number of hydrogen-bond acceptors (Lipinski definition) is 6. The van der Waals surface area contributed by atoms with Crippen LogP contribution in [0, 0.1) is 0 Å². The van der Waals surface area contributed by atoms with Gasteiger partial charge in [-0.15, -0.1) is 0 Å². The topological polar surface area (TPSA) is 86.5 Å². The number of nitrogens with one attached hydrogen (secondary N) is 1. The number of rotatable bonds is 6. The standard InChI is InChI=1S/C23H17Cl2N3O4/c1-30-19-10-7-13(11-20(19)31-2)21-27-23(32-28-21)15-5-3-4-6-18(15)26-22(29)16-12-14(24)8-9-17(16)25/h3-12H,1-2H3,(H,26,29). The Morgan fingerprint density at radius 3 is 2.53 bits per heavy atom. The first-order valence-electron chi connectivity index (χ1n) is 9.42. The molecule has 0 unspecified atom stereocenters. The van der Waals surface area contributed by atoms with Crippen LogP contribution in [0.4, 0.5) is 5.69 Å². The highest BCUT2D eigenvalue weighted by molar-refractivity contribution is 6.36. The van der Waals surface area contributed by atoms with E-state index in [1.165, 1.54) is 6.07 Å². The molecular formula is C23H17Cl2N3O4. The largest absolute Gasteiger partial charge is 0.493 e. The van der Waals surface area contributed by atoms with Crippen LogP contribution >= 0.6 is 23.2 Å². The molecule has 0 aliphatic rings. The van der Waals surface area contributed by atoms with Gasteiger partial charge in [-0.3, -0.25) is 4.79 Å². The van der Waals surface area contributed by atoms with Crippen LogP contribution in [0.15, 0.2) is 65.2 Å². The summed E-state index contributed by atoms with van der Waals surface area (Å²) in [4.78, 5) is 17.3. The second-order valence-electron chi connectivity index (χ2n) is 6.62. The Kier molecular flexibility index (Phi) is 6.30. The van der Waals surface area contributed by atoms with E-state index in [1.54, 1.807) is 68.8 Å².